The smallest absolute Gasteiger partial charge is 0.339 e. The summed E-state index contributed by atoms with van der Waals surface area (Å²) in [7, 11) is 1.22. The Balaban J connectivity index is 2.06. The molecule has 0 fully saturated rings. The van der Waals surface area contributed by atoms with E-state index in [1.807, 2.05) is 0 Å². The minimum atomic E-state index is -0.701. The number of benzene rings is 1. The third kappa shape index (κ3) is 8.80. The second-order valence-electron chi connectivity index (χ2n) is 6.75. The molecule has 0 amide bonds. The van der Waals surface area contributed by atoms with Gasteiger partial charge in [-0.25, -0.2) is 34.1 Å². The molecule has 35 heavy (non-hydrogen) atoms. The number of aromatic nitrogens is 3. The number of esters is 4. The third-order valence-corrected chi connectivity index (χ3v) is 4.36. The fourth-order valence-corrected chi connectivity index (χ4v) is 2.72. The van der Waals surface area contributed by atoms with Crippen LogP contribution in [-0.2, 0) is 47.8 Å². The number of hydrogen-bond acceptors (Lipinski definition) is 11. The number of methoxy groups -OCH3 is 1. The normalized spacial score (nSPS) is 10.1. The third-order valence-electron chi connectivity index (χ3n) is 4.36. The van der Waals surface area contributed by atoms with Gasteiger partial charge in [-0.3, -0.25) is 0 Å². The van der Waals surface area contributed by atoms with Crippen LogP contribution in [0.3, 0.4) is 0 Å². The van der Waals surface area contributed by atoms with E-state index < -0.39 is 23.9 Å². The lowest BCUT2D eigenvalue weighted by Gasteiger charge is -2.10. The van der Waals surface area contributed by atoms with E-state index in [-0.39, 0.29) is 50.2 Å². The highest BCUT2D eigenvalue weighted by atomic mass is 16.5. The molecule has 2 aromatic rings. The van der Waals surface area contributed by atoms with Gasteiger partial charge in [-0.05, 0) is 12.1 Å². The van der Waals surface area contributed by atoms with E-state index in [1.165, 1.54) is 19.2 Å². The monoisotopic (exact) mass is 483 g/mol. The van der Waals surface area contributed by atoms with Crippen LogP contribution in [0.15, 0.2) is 49.6 Å². The molecule has 0 aliphatic carbocycles. The van der Waals surface area contributed by atoms with Crippen LogP contribution in [0.1, 0.15) is 38.2 Å². The molecule has 11 heteroatoms. The average molecular weight is 483 g/mol. The predicted octanol–water partition coefficient (Wildman–Crippen LogP) is 1.60. The van der Waals surface area contributed by atoms with Crippen LogP contribution in [-0.4, -0.2) is 65.8 Å². The molecular weight excluding hydrogens is 458 g/mol. The Morgan fingerprint density at radius 3 is 1.51 bits per heavy atom. The van der Waals surface area contributed by atoms with Crippen LogP contribution in [0.4, 0.5) is 0 Å². The fraction of sp³-hybridized carbons (Fsp3) is 0.292. The van der Waals surface area contributed by atoms with E-state index in [0.29, 0.717) is 17.5 Å². The van der Waals surface area contributed by atoms with Gasteiger partial charge in [0, 0.05) is 31.4 Å². The summed E-state index contributed by atoms with van der Waals surface area (Å²) in [6.07, 6.45) is 2.66. The van der Waals surface area contributed by atoms with Crippen molar-refractivity contribution in [3.8, 4) is 0 Å². The van der Waals surface area contributed by atoms with Crippen molar-refractivity contribution in [3.63, 3.8) is 0 Å². The van der Waals surface area contributed by atoms with Crippen molar-refractivity contribution in [2.45, 2.75) is 19.3 Å². The van der Waals surface area contributed by atoms with E-state index in [4.69, 9.17) is 14.2 Å². The summed E-state index contributed by atoms with van der Waals surface area (Å²) < 4.78 is 19.9. The molecule has 0 atom stereocenters. The Bertz CT molecular complexity index is 1060. The van der Waals surface area contributed by atoms with E-state index in [2.05, 4.69) is 32.8 Å². The second-order valence-corrected chi connectivity index (χ2v) is 6.75. The summed E-state index contributed by atoms with van der Waals surface area (Å²) in [5, 5.41) is 0. The van der Waals surface area contributed by atoms with Gasteiger partial charge in [0.25, 0.3) is 0 Å². The van der Waals surface area contributed by atoms with Crippen LogP contribution in [0.2, 0.25) is 0 Å². The standard InChI is InChI=1S/C24H25N3O8/c1-4-21(28)33-13-10-18-25-19(11-14-34-22(29)5-2)27-20(26-18)12-15-35-24(31)17-9-7-6-8-16(17)23(30)32-3/h4-9H,1-2,10-15H2,3H3. The van der Waals surface area contributed by atoms with E-state index >= 15 is 0 Å². The van der Waals surface area contributed by atoms with Gasteiger partial charge in [-0.15, -0.1) is 0 Å². The van der Waals surface area contributed by atoms with Gasteiger partial charge in [-0.2, -0.15) is 0 Å². The number of hydrogen-bond donors (Lipinski definition) is 0. The van der Waals surface area contributed by atoms with Gasteiger partial charge in [0.2, 0.25) is 0 Å². The van der Waals surface area contributed by atoms with Gasteiger partial charge in [-0.1, -0.05) is 25.3 Å². The first-order valence-electron chi connectivity index (χ1n) is 10.5. The lowest BCUT2D eigenvalue weighted by atomic mass is 10.1. The van der Waals surface area contributed by atoms with Gasteiger partial charge in [0.05, 0.1) is 38.1 Å². The molecule has 0 N–H and O–H groups in total. The average Bonchev–Trinajstić information content (AvgIpc) is 2.87. The number of rotatable bonds is 13. The zero-order chi connectivity index (χ0) is 25.6. The summed E-state index contributed by atoms with van der Waals surface area (Å²) in [6.45, 7) is 6.63. The molecule has 11 nitrogen and oxygen atoms in total. The molecule has 0 radical (unpaired) electrons. The Morgan fingerprint density at radius 1 is 0.714 bits per heavy atom. The summed E-state index contributed by atoms with van der Waals surface area (Å²) >= 11 is 0. The Kier molecular flexibility index (Phi) is 10.7. The predicted molar refractivity (Wildman–Crippen MR) is 121 cm³/mol. The van der Waals surface area contributed by atoms with Crippen molar-refractivity contribution < 1.29 is 38.1 Å². The van der Waals surface area contributed by atoms with E-state index in [9.17, 15) is 19.2 Å². The zero-order valence-corrected chi connectivity index (χ0v) is 19.2. The van der Waals surface area contributed by atoms with Crippen LogP contribution < -0.4 is 0 Å². The Labute approximate surface area is 201 Å². The van der Waals surface area contributed by atoms with Crippen LogP contribution >= 0.6 is 0 Å². The lowest BCUT2D eigenvalue weighted by Crippen LogP contribution is -2.17. The summed E-state index contributed by atoms with van der Waals surface area (Å²) in [5.41, 5.74) is 0.164. The minimum Gasteiger partial charge on any atom is -0.465 e. The second kappa shape index (κ2) is 14.0. The molecule has 1 aromatic heterocycles. The molecule has 0 unspecified atom stereocenters. The van der Waals surface area contributed by atoms with Gasteiger partial charge in [0.15, 0.2) is 0 Å². The number of carbonyl (C=O) groups is 4. The fourth-order valence-electron chi connectivity index (χ4n) is 2.72. The zero-order valence-electron chi connectivity index (χ0n) is 19.2. The molecule has 0 saturated heterocycles. The Hall–Kier alpha value is -4.41. The quantitative estimate of drug-likeness (QED) is 0.233. The van der Waals surface area contributed by atoms with Crippen molar-refractivity contribution in [2.24, 2.45) is 0 Å². The van der Waals surface area contributed by atoms with Crippen molar-refractivity contribution in [3.05, 3.63) is 78.2 Å². The highest BCUT2D eigenvalue weighted by molar-refractivity contribution is 6.03. The van der Waals surface area contributed by atoms with Gasteiger partial charge in [0.1, 0.15) is 17.5 Å². The maximum atomic E-state index is 12.5. The van der Waals surface area contributed by atoms with Gasteiger partial charge >= 0.3 is 23.9 Å². The molecule has 1 aromatic carbocycles. The molecular formula is C24H25N3O8. The first-order chi connectivity index (χ1) is 16.9. The summed E-state index contributed by atoms with van der Waals surface area (Å²) in [4.78, 5) is 59.8. The SMILES string of the molecule is C=CC(=O)OCCc1nc(CCOC(=O)C=C)nc(CCOC(=O)c2ccccc2C(=O)OC)n1. The molecule has 0 spiro atoms. The minimum absolute atomic E-state index is 0.0263. The number of ether oxygens (including phenoxy) is 4. The summed E-state index contributed by atoms with van der Waals surface area (Å²) in [6, 6.07) is 6.13. The van der Waals surface area contributed by atoms with Gasteiger partial charge < -0.3 is 18.9 Å². The first kappa shape index (κ1) is 26.8. The van der Waals surface area contributed by atoms with Crippen molar-refractivity contribution in [2.75, 3.05) is 26.9 Å². The molecule has 184 valence electrons. The van der Waals surface area contributed by atoms with Crippen molar-refractivity contribution in [1.82, 2.24) is 15.0 Å². The van der Waals surface area contributed by atoms with E-state index in [1.54, 1.807) is 12.1 Å². The van der Waals surface area contributed by atoms with Crippen molar-refractivity contribution in [1.29, 1.82) is 0 Å². The maximum absolute atomic E-state index is 12.5. The molecule has 2 rings (SSSR count). The highest BCUT2D eigenvalue weighted by Crippen LogP contribution is 2.12. The van der Waals surface area contributed by atoms with E-state index in [0.717, 1.165) is 12.2 Å². The number of nitrogens with zero attached hydrogens (tertiary/aromatic N) is 3. The van der Waals surface area contributed by atoms with Crippen LogP contribution in [0, 0.1) is 0 Å². The van der Waals surface area contributed by atoms with Crippen LogP contribution in [0.5, 0.6) is 0 Å². The molecule has 0 aliphatic heterocycles. The van der Waals surface area contributed by atoms with Crippen molar-refractivity contribution >= 4 is 23.9 Å². The topological polar surface area (TPSA) is 144 Å². The van der Waals surface area contributed by atoms with Crippen LogP contribution in [0.25, 0.3) is 0 Å². The Morgan fingerprint density at radius 2 is 1.11 bits per heavy atom. The first-order valence-corrected chi connectivity index (χ1v) is 10.5. The molecule has 0 saturated carbocycles. The highest BCUT2D eigenvalue weighted by Gasteiger charge is 2.18. The largest absolute Gasteiger partial charge is 0.465 e. The lowest BCUT2D eigenvalue weighted by molar-refractivity contribution is -0.138. The molecule has 0 bridgehead atoms. The maximum Gasteiger partial charge on any atom is 0.339 e. The number of carbonyl (C=O) groups excluding carboxylic acids is 4. The molecule has 1 heterocycles. The molecule has 0 aliphatic rings. The summed E-state index contributed by atoms with van der Waals surface area (Å²) in [5.74, 6) is -1.49.